The normalized spacial score (nSPS) is 17.1. The average Bonchev–Trinajstić information content (AvgIpc) is 2.49. The van der Waals surface area contributed by atoms with E-state index in [4.69, 9.17) is 17.3 Å². The van der Waals surface area contributed by atoms with Crippen LogP contribution in [0.25, 0.3) is 0 Å². The Balaban J connectivity index is 1.89. The smallest absolute Gasteiger partial charge is 0.0438 e. The fourth-order valence-corrected chi connectivity index (χ4v) is 3.43. The highest BCUT2D eigenvalue weighted by atomic mass is 35.5. The number of hydrogen-bond donors (Lipinski definition) is 1. The van der Waals surface area contributed by atoms with Gasteiger partial charge in [0, 0.05) is 10.6 Å². The van der Waals surface area contributed by atoms with Crippen LogP contribution in [0.15, 0.2) is 42.5 Å². The molecule has 21 heavy (non-hydrogen) atoms. The van der Waals surface area contributed by atoms with Crippen molar-refractivity contribution in [3.8, 4) is 0 Å². The number of fused-ring (bicyclic) bond motifs is 1. The molecule has 0 spiro atoms. The molecule has 1 atom stereocenters. The Hall–Kier alpha value is -1.31. The summed E-state index contributed by atoms with van der Waals surface area (Å²) >= 11 is 6.28. The molecule has 0 bridgehead atoms. The van der Waals surface area contributed by atoms with Crippen molar-refractivity contribution >= 4 is 11.6 Å². The Labute approximate surface area is 132 Å². The number of benzene rings is 2. The van der Waals surface area contributed by atoms with Gasteiger partial charge >= 0.3 is 0 Å². The van der Waals surface area contributed by atoms with E-state index in [0.717, 1.165) is 17.0 Å². The van der Waals surface area contributed by atoms with Crippen LogP contribution in [0.3, 0.4) is 0 Å². The maximum atomic E-state index is 6.61. The van der Waals surface area contributed by atoms with Crippen LogP contribution < -0.4 is 5.73 Å². The lowest BCUT2D eigenvalue weighted by Gasteiger charge is -2.28. The Morgan fingerprint density at radius 3 is 2.52 bits per heavy atom. The largest absolute Gasteiger partial charge is 0.321 e. The fraction of sp³-hybridized carbons (Fsp3) is 0.368. The van der Waals surface area contributed by atoms with Gasteiger partial charge in [0.25, 0.3) is 0 Å². The molecule has 2 heteroatoms. The predicted octanol–water partition coefficient (Wildman–Crippen LogP) is 4.64. The van der Waals surface area contributed by atoms with Crippen LogP contribution in [0, 0.1) is 0 Å². The summed E-state index contributed by atoms with van der Waals surface area (Å²) in [5, 5.41) is 0.798. The molecular weight excluding hydrogens is 278 g/mol. The Morgan fingerprint density at radius 1 is 1.05 bits per heavy atom. The minimum Gasteiger partial charge on any atom is -0.321 e. The van der Waals surface area contributed by atoms with Gasteiger partial charge in [0.1, 0.15) is 0 Å². The van der Waals surface area contributed by atoms with Crippen LogP contribution in [0.1, 0.15) is 42.0 Å². The van der Waals surface area contributed by atoms with Gasteiger partial charge in [-0.3, -0.25) is 0 Å². The number of aryl methyl sites for hydroxylation is 2. The second kappa shape index (κ2) is 5.82. The lowest BCUT2D eigenvalue weighted by atomic mass is 9.82. The highest BCUT2D eigenvalue weighted by molar-refractivity contribution is 6.31. The van der Waals surface area contributed by atoms with Gasteiger partial charge in [-0.05, 0) is 67.3 Å². The molecular formula is C19H22ClN. The molecule has 0 heterocycles. The van der Waals surface area contributed by atoms with Gasteiger partial charge in [-0.25, -0.2) is 0 Å². The van der Waals surface area contributed by atoms with Crippen LogP contribution >= 0.6 is 11.6 Å². The maximum absolute atomic E-state index is 6.61. The van der Waals surface area contributed by atoms with Crippen molar-refractivity contribution in [2.24, 2.45) is 5.73 Å². The molecule has 0 amide bonds. The van der Waals surface area contributed by atoms with E-state index in [2.05, 4.69) is 31.2 Å². The lowest BCUT2D eigenvalue weighted by molar-refractivity contribution is 0.490. The SMILES string of the molecule is CC(N)(Cc1ccccc1Cl)c1ccc2c(c1)CCCC2. The van der Waals surface area contributed by atoms with Crippen LogP contribution in [0.5, 0.6) is 0 Å². The van der Waals surface area contributed by atoms with Crippen molar-refractivity contribution in [1.82, 2.24) is 0 Å². The van der Waals surface area contributed by atoms with E-state index in [1.54, 1.807) is 0 Å². The molecule has 2 N–H and O–H groups in total. The molecule has 3 rings (SSSR count). The number of nitrogens with two attached hydrogens (primary N) is 1. The second-order valence-corrected chi connectivity index (χ2v) is 6.78. The third-order valence-electron chi connectivity index (χ3n) is 4.52. The van der Waals surface area contributed by atoms with Crippen molar-refractivity contribution in [2.45, 2.75) is 44.6 Å². The van der Waals surface area contributed by atoms with Crippen molar-refractivity contribution in [1.29, 1.82) is 0 Å². The first-order valence-corrected chi connectivity index (χ1v) is 8.09. The zero-order valence-electron chi connectivity index (χ0n) is 12.5. The molecule has 0 aromatic heterocycles. The first kappa shape index (κ1) is 14.6. The van der Waals surface area contributed by atoms with E-state index in [-0.39, 0.29) is 0 Å². The van der Waals surface area contributed by atoms with E-state index in [0.29, 0.717) is 0 Å². The summed E-state index contributed by atoms with van der Waals surface area (Å²) in [7, 11) is 0. The zero-order valence-corrected chi connectivity index (χ0v) is 13.3. The quantitative estimate of drug-likeness (QED) is 0.878. The summed E-state index contributed by atoms with van der Waals surface area (Å²) in [6, 6.07) is 14.7. The molecule has 1 unspecified atom stereocenters. The Morgan fingerprint density at radius 2 is 1.76 bits per heavy atom. The average molecular weight is 300 g/mol. The molecule has 1 aliphatic carbocycles. The molecule has 1 nitrogen and oxygen atoms in total. The third kappa shape index (κ3) is 3.14. The topological polar surface area (TPSA) is 26.0 Å². The number of hydrogen-bond acceptors (Lipinski definition) is 1. The molecule has 0 radical (unpaired) electrons. The fourth-order valence-electron chi connectivity index (χ4n) is 3.23. The molecule has 0 aliphatic heterocycles. The molecule has 0 saturated carbocycles. The van der Waals surface area contributed by atoms with Crippen LogP contribution in [0.2, 0.25) is 5.02 Å². The summed E-state index contributed by atoms with van der Waals surface area (Å²) in [5.41, 5.74) is 11.5. The molecule has 2 aromatic carbocycles. The van der Waals surface area contributed by atoms with Gasteiger partial charge in [0.05, 0.1) is 0 Å². The highest BCUT2D eigenvalue weighted by Gasteiger charge is 2.24. The number of halogens is 1. The summed E-state index contributed by atoms with van der Waals surface area (Å²) in [6.07, 6.45) is 5.76. The van der Waals surface area contributed by atoms with E-state index < -0.39 is 5.54 Å². The van der Waals surface area contributed by atoms with Crippen molar-refractivity contribution < 1.29 is 0 Å². The van der Waals surface area contributed by atoms with Crippen molar-refractivity contribution in [2.75, 3.05) is 0 Å². The third-order valence-corrected chi connectivity index (χ3v) is 4.89. The summed E-state index contributed by atoms with van der Waals surface area (Å²) in [4.78, 5) is 0. The Bertz CT molecular complexity index is 646. The molecule has 0 saturated heterocycles. The molecule has 0 fully saturated rings. The van der Waals surface area contributed by atoms with Gasteiger partial charge in [-0.15, -0.1) is 0 Å². The molecule has 2 aromatic rings. The molecule has 1 aliphatic rings. The van der Waals surface area contributed by atoms with E-state index in [9.17, 15) is 0 Å². The minimum absolute atomic E-state index is 0.391. The van der Waals surface area contributed by atoms with Gasteiger partial charge in [0.2, 0.25) is 0 Å². The van der Waals surface area contributed by atoms with Gasteiger partial charge in [0.15, 0.2) is 0 Å². The summed E-state index contributed by atoms with van der Waals surface area (Å²) in [5.74, 6) is 0. The standard InChI is InChI=1S/C19H22ClN/c1-19(21,13-16-8-4-5-9-18(16)20)17-11-10-14-6-2-3-7-15(14)12-17/h4-5,8-12H,2-3,6-7,13,21H2,1H3. The number of rotatable bonds is 3. The second-order valence-electron chi connectivity index (χ2n) is 6.38. The molecule has 110 valence electrons. The van der Waals surface area contributed by atoms with Gasteiger partial charge in [-0.2, -0.15) is 0 Å². The summed E-state index contributed by atoms with van der Waals surface area (Å²) < 4.78 is 0. The first-order chi connectivity index (χ1) is 10.1. The van der Waals surface area contributed by atoms with Crippen LogP contribution in [0.4, 0.5) is 0 Å². The maximum Gasteiger partial charge on any atom is 0.0438 e. The Kier molecular flexibility index (Phi) is 4.05. The monoisotopic (exact) mass is 299 g/mol. The van der Waals surface area contributed by atoms with Crippen LogP contribution in [-0.2, 0) is 24.8 Å². The van der Waals surface area contributed by atoms with Crippen LogP contribution in [-0.4, -0.2) is 0 Å². The lowest BCUT2D eigenvalue weighted by Crippen LogP contribution is -2.35. The van der Waals surface area contributed by atoms with E-state index in [1.165, 1.54) is 42.4 Å². The summed E-state index contributed by atoms with van der Waals surface area (Å²) in [6.45, 7) is 2.10. The predicted molar refractivity (Wildman–Crippen MR) is 89.8 cm³/mol. The first-order valence-electron chi connectivity index (χ1n) is 7.71. The van der Waals surface area contributed by atoms with Gasteiger partial charge < -0.3 is 5.73 Å². The van der Waals surface area contributed by atoms with Crippen molar-refractivity contribution in [3.63, 3.8) is 0 Å². The van der Waals surface area contributed by atoms with Crippen molar-refractivity contribution in [3.05, 3.63) is 69.7 Å². The zero-order chi connectivity index (χ0) is 14.9. The van der Waals surface area contributed by atoms with Gasteiger partial charge in [-0.1, -0.05) is 48.0 Å². The van der Waals surface area contributed by atoms with E-state index in [1.807, 2.05) is 18.2 Å². The highest BCUT2D eigenvalue weighted by Crippen LogP contribution is 2.30. The van der Waals surface area contributed by atoms with E-state index >= 15 is 0 Å². The minimum atomic E-state index is -0.391.